The summed E-state index contributed by atoms with van der Waals surface area (Å²) in [5.74, 6) is 0.393. The van der Waals surface area contributed by atoms with Gasteiger partial charge in [-0.15, -0.1) is 0 Å². The van der Waals surface area contributed by atoms with Crippen molar-refractivity contribution in [2.75, 3.05) is 13.6 Å². The number of ketones is 1. The van der Waals surface area contributed by atoms with Crippen LogP contribution < -0.4 is 0 Å². The third kappa shape index (κ3) is 1.30. The molecule has 2 nitrogen and oxygen atoms in total. The average molecular weight is 127 g/mol. The fraction of sp³-hybridized carbons (Fsp3) is 0.857. The van der Waals surface area contributed by atoms with Crippen LogP contribution in [-0.2, 0) is 4.79 Å². The highest BCUT2D eigenvalue weighted by Gasteiger charge is 2.25. The second kappa shape index (κ2) is 2.48. The largest absolute Gasteiger partial charge is 0.298 e. The zero-order valence-electron chi connectivity index (χ0n) is 6.05. The molecule has 1 rings (SSSR count). The molecule has 1 fully saturated rings. The van der Waals surface area contributed by atoms with Gasteiger partial charge in [-0.05, 0) is 13.5 Å². The van der Waals surface area contributed by atoms with Crippen LogP contribution >= 0.6 is 0 Å². The molecule has 1 aliphatic heterocycles. The number of rotatable bonds is 1. The molecular formula is C7H13NO. The summed E-state index contributed by atoms with van der Waals surface area (Å²) in [5, 5.41) is 0. The summed E-state index contributed by atoms with van der Waals surface area (Å²) in [7, 11) is 2.01. The van der Waals surface area contributed by atoms with E-state index >= 15 is 0 Å². The van der Waals surface area contributed by atoms with Crippen LogP contribution in [0.1, 0.15) is 19.8 Å². The normalized spacial score (nSPS) is 29.6. The van der Waals surface area contributed by atoms with Gasteiger partial charge in [0.05, 0.1) is 6.54 Å². The monoisotopic (exact) mass is 127 g/mol. The molecule has 0 spiro atoms. The van der Waals surface area contributed by atoms with E-state index in [4.69, 9.17) is 0 Å². The van der Waals surface area contributed by atoms with Crippen LogP contribution in [0, 0.1) is 0 Å². The molecule has 1 unspecified atom stereocenters. The molecule has 0 aliphatic carbocycles. The van der Waals surface area contributed by atoms with Crippen molar-refractivity contribution in [3.63, 3.8) is 0 Å². The topological polar surface area (TPSA) is 20.3 Å². The lowest BCUT2D eigenvalue weighted by Gasteiger charge is -2.14. The van der Waals surface area contributed by atoms with E-state index in [0.717, 1.165) is 12.8 Å². The molecule has 0 N–H and O–H groups in total. The molecule has 1 heterocycles. The predicted octanol–water partition coefficient (Wildman–Crippen LogP) is 0.670. The Bertz CT molecular complexity index is 122. The van der Waals surface area contributed by atoms with Gasteiger partial charge in [-0.1, -0.05) is 6.92 Å². The van der Waals surface area contributed by atoms with Gasteiger partial charge in [-0.2, -0.15) is 0 Å². The van der Waals surface area contributed by atoms with E-state index in [1.54, 1.807) is 0 Å². The Hall–Kier alpha value is -0.370. The van der Waals surface area contributed by atoms with Crippen LogP contribution in [0.4, 0.5) is 0 Å². The van der Waals surface area contributed by atoms with Crippen molar-refractivity contribution < 1.29 is 4.79 Å². The van der Waals surface area contributed by atoms with Crippen LogP contribution in [0.2, 0.25) is 0 Å². The number of likely N-dealkylation sites (tertiary alicyclic amines) is 1. The van der Waals surface area contributed by atoms with Crippen molar-refractivity contribution in [2.45, 2.75) is 25.8 Å². The molecule has 9 heavy (non-hydrogen) atoms. The van der Waals surface area contributed by atoms with E-state index in [-0.39, 0.29) is 0 Å². The first-order valence-electron chi connectivity index (χ1n) is 3.46. The lowest BCUT2D eigenvalue weighted by molar-refractivity contribution is -0.116. The fourth-order valence-corrected chi connectivity index (χ4v) is 1.35. The molecule has 1 aliphatic rings. The average Bonchev–Trinajstić information content (AvgIpc) is 2.10. The second-order valence-corrected chi connectivity index (χ2v) is 2.72. The second-order valence-electron chi connectivity index (χ2n) is 2.72. The third-order valence-electron chi connectivity index (χ3n) is 1.98. The molecule has 0 radical (unpaired) electrons. The minimum Gasteiger partial charge on any atom is -0.298 e. The SMILES string of the molecule is CCC1CC(=O)CN1C. The third-order valence-corrected chi connectivity index (χ3v) is 1.98. The van der Waals surface area contributed by atoms with Gasteiger partial charge in [-0.25, -0.2) is 0 Å². The maximum atomic E-state index is 10.8. The van der Waals surface area contributed by atoms with E-state index in [0.29, 0.717) is 18.4 Å². The number of hydrogen-bond acceptors (Lipinski definition) is 2. The van der Waals surface area contributed by atoms with Crippen LogP contribution in [0.3, 0.4) is 0 Å². The summed E-state index contributed by atoms with van der Waals surface area (Å²) in [6, 6.07) is 0.525. The minimum absolute atomic E-state index is 0.393. The van der Waals surface area contributed by atoms with Gasteiger partial charge < -0.3 is 0 Å². The highest BCUT2D eigenvalue weighted by atomic mass is 16.1. The molecular weight excluding hydrogens is 114 g/mol. The fourth-order valence-electron chi connectivity index (χ4n) is 1.35. The predicted molar refractivity (Wildman–Crippen MR) is 36.3 cm³/mol. The molecule has 1 saturated heterocycles. The van der Waals surface area contributed by atoms with Gasteiger partial charge in [0.15, 0.2) is 0 Å². The number of hydrogen-bond donors (Lipinski definition) is 0. The highest BCUT2D eigenvalue weighted by molar-refractivity contribution is 5.83. The van der Waals surface area contributed by atoms with Gasteiger partial charge in [-0.3, -0.25) is 9.69 Å². The maximum Gasteiger partial charge on any atom is 0.148 e. The van der Waals surface area contributed by atoms with Gasteiger partial charge in [0.1, 0.15) is 5.78 Å². The number of carbonyl (C=O) groups is 1. The van der Waals surface area contributed by atoms with Crippen molar-refractivity contribution in [2.24, 2.45) is 0 Å². The number of carbonyl (C=O) groups excluding carboxylic acids is 1. The van der Waals surface area contributed by atoms with E-state index < -0.39 is 0 Å². The van der Waals surface area contributed by atoms with Crippen molar-refractivity contribution in [1.29, 1.82) is 0 Å². The van der Waals surface area contributed by atoms with Crippen molar-refractivity contribution >= 4 is 5.78 Å². The Morgan fingerprint density at radius 1 is 1.78 bits per heavy atom. The lowest BCUT2D eigenvalue weighted by atomic mass is 10.2. The van der Waals surface area contributed by atoms with E-state index in [1.165, 1.54) is 0 Å². The van der Waals surface area contributed by atoms with Gasteiger partial charge in [0, 0.05) is 12.5 Å². The smallest absolute Gasteiger partial charge is 0.148 e. The first-order valence-corrected chi connectivity index (χ1v) is 3.46. The first-order chi connectivity index (χ1) is 4.24. The Morgan fingerprint density at radius 2 is 2.44 bits per heavy atom. The van der Waals surface area contributed by atoms with Gasteiger partial charge >= 0.3 is 0 Å². The number of likely N-dealkylation sites (N-methyl/N-ethyl adjacent to an activating group) is 1. The zero-order chi connectivity index (χ0) is 6.85. The van der Waals surface area contributed by atoms with E-state index in [1.807, 2.05) is 7.05 Å². The van der Waals surface area contributed by atoms with E-state index in [9.17, 15) is 4.79 Å². The summed E-state index contributed by atoms with van der Waals surface area (Å²) in [6.07, 6.45) is 1.87. The van der Waals surface area contributed by atoms with Gasteiger partial charge in [0.25, 0.3) is 0 Å². The Morgan fingerprint density at radius 3 is 2.67 bits per heavy atom. The first kappa shape index (κ1) is 6.75. The van der Waals surface area contributed by atoms with Crippen LogP contribution in [-0.4, -0.2) is 30.3 Å². The highest BCUT2D eigenvalue weighted by Crippen LogP contribution is 2.13. The summed E-state index contributed by atoms with van der Waals surface area (Å²) in [4.78, 5) is 12.9. The number of nitrogens with zero attached hydrogens (tertiary/aromatic N) is 1. The summed E-state index contributed by atoms with van der Waals surface area (Å²) in [5.41, 5.74) is 0. The zero-order valence-corrected chi connectivity index (χ0v) is 6.05. The van der Waals surface area contributed by atoms with Crippen molar-refractivity contribution in [3.05, 3.63) is 0 Å². The van der Waals surface area contributed by atoms with Crippen LogP contribution in [0.15, 0.2) is 0 Å². The molecule has 52 valence electrons. The summed E-state index contributed by atoms with van der Waals surface area (Å²) < 4.78 is 0. The molecule has 0 aromatic carbocycles. The lowest BCUT2D eigenvalue weighted by Crippen LogP contribution is -2.23. The quantitative estimate of drug-likeness (QED) is 0.516. The van der Waals surface area contributed by atoms with E-state index in [2.05, 4.69) is 11.8 Å². The summed E-state index contributed by atoms with van der Waals surface area (Å²) in [6.45, 7) is 2.79. The molecule has 1 atom stereocenters. The summed E-state index contributed by atoms with van der Waals surface area (Å²) >= 11 is 0. The van der Waals surface area contributed by atoms with Crippen molar-refractivity contribution in [3.8, 4) is 0 Å². The molecule has 0 aromatic heterocycles. The van der Waals surface area contributed by atoms with Gasteiger partial charge in [0.2, 0.25) is 0 Å². The van der Waals surface area contributed by atoms with Crippen LogP contribution in [0.5, 0.6) is 0 Å². The molecule has 0 aromatic rings. The molecule has 0 saturated carbocycles. The Kier molecular flexibility index (Phi) is 1.86. The van der Waals surface area contributed by atoms with Crippen molar-refractivity contribution in [1.82, 2.24) is 4.90 Å². The Balaban J connectivity index is 2.47. The molecule has 0 amide bonds. The minimum atomic E-state index is 0.393. The molecule has 2 heteroatoms. The Labute approximate surface area is 55.8 Å². The number of Topliss-reactive ketones (excluding diaryl/α,β-unsaturated/α-hetero) is 1. The van der Waals surface area contributed by atoms with Crippen LogP contribution in [0.25, 0.3) is 0 Å². The maximum absolute atomic E-state index is 10.8. The standard InChI is InChI=1S/C7H13NO/c1-3-6-4-7(9)5-8(6)2/h6H,3-5H2,1-2H3. The molecule has 0 bridgehead atoms.